The molecule has 0 saturated carbocycles. The van der Waals surface area contributed by atoms with Gasteiger partial charge in [-0.3, -0.25) is 9.59 Å². The molecule has 0 saturated heterocycles. The number of benzene rings is 3. The van der Waals surface area contributed by atoms with Crippen molar-refractivity contribution in [3.63, 3.8) is 0 Å². The van der Waals surface area contributed by atoms with Crippen LogP contribution in [-0.4, -0.2) is 26.0 Å². The normalized spacial score (nSPS) is 13.5. The third-order valence-electron chi connectivity index (χ3n) is 5.42. The van der Waals surface area contributed by atoms with Gasteiger partial charge in [0.25, 0.3) is 11.8 Å². The SMILES string of the molecule is CCc1ccc(NC2=C(c3ccc(OC)cc3)C(=O)N(c3ccccc3OC)C2=O)cc1. The first-order valence-corrected chi connectivity index (χ1v) is 10.3. The molecule has 4 rings (SSSR count). The highest BCUT2D eigenvalue weighted by molar-refractivity contribution is 6.46. The molecular formula is C26H24N2O4. The maximum atomic E-state index is 13.6. The Hall–Kier alpha value is -4.06. The van der Waals surface area contributed by atoms with Gasteiger partial charge < -0.3 is 14.8 Å². The molecule has 0 unspecified atom stereocenters. The summed E-state index contributed by atoms with van der Waals surface area (Å²) < 4.78 is 10.6. The number of methoxy groups -OCH3 is 2. The van der Waals surface area contributed by atoms with Crippen LogP contribution in [0.5, 0.6) is 11.5 Å². The second-order valence-electron chi connectivity index (χ2n) is 7.27. The average molecular weight is 428 g/mol. The number of imide groups is 1. The van der Waals surface area contributed by atoms with Gasteiger partial charge in [0, 0.05) is 5.69 Å². The van der Waals surface area contributed by atoms with Crippen molar-refractivity contribution in [1.29, 1.82) is 0 Å². The lowest BCUT2D eigenvalue weighted by molar-refractivity contribution is -0.120. The summed E-state index contributed by atoms with van der Waals surface area (Å²) in [5.41, 5.74) is 3.44. The summed E-state index contributed by atoms with van der Waals surface area (Å²) in [4.78, 5) is 28.2. The number of amides is 2. The molecule has 1 aliphatic heterocycles. The Morgan fingerprint density at radius 1 is 0.812 bits per heavy atom. The number of carbonyl (C=O) groups excluding carboxylic acids is 2. The zero-order chi connectivity index (χ0) is 22.7. The molecule has 1 heterocycles. The molecule has 1 N–H and O–H groups in total. The number of ether oxygens (including phenoxy) is 2. The highest BCUT2D eigenvalue weighted by Crippen LogP contribution is 2.38. The first-order chi connectivity index (χ1) is 15.6. The van der Waals surface area contributed by atoms with E-state index in [1.165, 1.54) is 12.7 Å². The third-order valence-corrected chi connectivity index (χ3v) is 5.42. The number of aryl methyl sites for hydroxylation is 1. The summed E-state index contributed by atoms with van der Waals surface area (Å²) in [6.07, 6.45) is 0.916. The standard InChI is InChI=1S/C26H24N2O4/c1-4-17-9-13-19(14-10-17)27-24-23(18-11-15-20(31-2)16-12-18)25(29)28(26(24)30)21-7-5-6-8-22(21)32-3/h5-16,27H,4H2,1-3H3. The van der Waals surface area contributed by atoms with Crippen LogP contribution in [0.3, 0.4) is 0 Å². The van der Waals surface area contributed by atoms with Crippen molar-refractivity contribution in [2.45, 2.75) is 13.3 Å². The van der Waals surface area contributed by atoms with Gasteiger partial charge in [-0.05, 0) is 53.9 Å². The number of anilines is 2. The van der Waals surface area contributed by atoms with Gasteiger partial charge in [-0.15, -0.1) is 0 Å². The summed E-state index contributed by atoms with van der Waals surface area (Å²) in [6.45, 7) is 2.08. The molecule has 0 radical (unpaired) electrons. The number of para-hydroxylation sites is 2. The molecule has 2 amide bonds. The Balaban J connectivity index is 1.81. The zero-order valence-corrected chi connectivity index (χ0v) is 18.2. The fourth-order valence-corrected chi connectivity index (χ4v) is 3.67. The Morgan fingerprint density at radius 3 is 2.12 bits per heavy atom. The van der Waals surface area contributed by atoms with Gasteiger partial charge in [0.05, 0.1) is 25.5 Å². The monoisotopic (exact) mass is 428 g/mol. The summed E-state index contributed by atoms with van der Waals surface area (Å²) in [5, 5.41) is 3.18. The van der Waals surface area contributed by atoms with E-state index in [0.29, 0.717) is 28.3 Å². The number of carbonyl (C=O) groups is 2. The second kappa shape index (κ2) is 8.98. The lowest BCUT2D eigenvalue weighted by atomic mass is 10.0. The van der Waals surface area contributed by atoms with Crippen LogP contribution in [0.25, 0.3) is 5.57 Å². The van der Waals surface area contributed by atoms with Crippen LogP contribution in [0.2, 0.25) is 0 Å². The van der Waals surface area contributed by atoms with E-state index in [1.807, 2.05) is 24.3 Å². The Kier molecular flexibility index (Phi) is 5.94. The lowest BCUT2D eigenvalue weighted by Crippen LogP contribution is -2.32. The van der Waals surface area contributed by atoms with Crippen molar-refractivity contribution in [1.82, 2.24) is 0 Å². The van der Waals surface area contributed by atoms with E-state index < -0.39 is 11.8 Å². The number of hydrogen-bond donors (Lipinski definition) is 1. The van der Waals surface area contributed by atoms with E-state index in [1.54, 1.807) is 55.6 Å². The third kappa shape index (κ3) is 3.83. The minimum absolute atomic E-state index is 0.218. The van der Waals surface area contributed by atoms with Crippen molar-refractivity contribution in [2.24, 2.45) is 0 Å². The van der Waals surface area contributed by atoms with Crippen LogP contribution in [0.1, 0.15) is 18.1 Å². The number of nitrogens with zero attached hydrogens (tertiary/aromatic N) is 1. The first kappa shape index (κ1) is 21.2. The van der Waals surface area contributed by atoms with Crippen LogP contribution in [-0.2, 0) is 16.0 Å². The van der Waals surface area contributed by atoms with E-state index in [4.69, 9.17) is 9.47 Å². The topological polar surface area (TPSA) is 67.9 Å². The minimum Gasteiger partial charge on any atom is -0.497 e. The highest BCUT2D eigenvalue weighted by atomic mass is 16.5. The molecule has 3 aromatic rings. The van der Waals surface area contributed by atoms with Gasteiger partial charge >= 0.3 is 0 Å². The van der Waals surface area contributed by atoms with Gasteiger partial charge in [0.15, 0.2) is 0 Å². The van der Waals surface area contributed by atoms with Crippen molar-refractivity contribution >= 4 is 28.8 Å². The quantitative estimate of drug-likeness (QED) is 0.554. The zero-order valence-electron chi connectivity index (χ0n) is 18.2. The van der Waals surface area contributed by atoms with Crippen molar-refractivity contribution in [3.05, 3.63) is 89.6 Å². The van der Waals surface area contributed by atoms with E-state index in [9.17, 15) is 9.59 Å². The van der Waals surface area contributed by atoms with E-state index in [-0.39, 0.29) is 5.70 Å². The Morgan fingerprint density at radius 2 is 1.50 bits per heavy atom. The van der Waals surface area contributed by atoms with Gasteiger partial charge in [0.2, 0.25) is 0 Å². The number of nitrogens with one attached hydrogen (secondary N) is 1. The van der Waals surface area contributed by atoms with Gasteiger partial charge in [-0.2, -0.15) is 0 Å². The fraction of sp³-hybridized carbons (Fsp3) is 0.154. The van der Waals surface area contributed by atoms with E-state index in [0.717, 1.165) is 17.0 Å². The predicted octanol–water partition coefficient (Wildman–Crippen LogP) is 4.66. The second-order valence-corrected chi connectivity index (χ2v) is 7.27. The molecule has 32 heavy (non-hydrogen) atoms. The molecule has 162 valence electrons. The van der Waals surface area contributed by atoms with Gasteiger partial charge in [0.1, 0.15) is 17.2 Å². The predicted molar refractivity (Wildman–Crippen MR) is 125 cm³/mol. The lowest BCUT2D eigenvalue weighted by Gasteiger charge is -2.18. The molecule has 0 atom stereocenters. The summed E-state index contributed by atoms with van der Waals surface area (Å²) in [5.74, 6) is 0.247. The van der Waals surface area contributed by atoms with Crippen LogP contribution in [0, 0.1) is 0 Å². The molecule has 0 bridgehead atoms. The molecule has 6 nitrogen and oxygen atoms in total. The van der Waals surface area contributed by atoms with Crippen LogP contribution >= 0.6 is 0 Å². The molecule has 0 aromatic heterocycles. The van der Waals surface area contributed by atoms with Crippen molar-refractivity contribution in [2.75, 3.05) is 24.4 Å². The Labute approximate surface area is 187 Å². The molecule has 1 aliphatic rings. The number of rotatable bonds is 7. The fourth-order valence-electron chi connectivity index (χ4n) is 3.67. The molecule has 0 aliphatic carbocycles. The summed E-state index contributed by atoms with van der Waals surface area (Å²) >= 11 is 0. The average Bonchev–Trinajstić information content (AvgIpc) is 3.08. The van der Waals surface area contributed by atoms with Crippen molar-refractivity contribution < 1.29 is 19.1 Å². The van der Waals surface area contributed by atoms with Gasteiger partial charge in [-0.25, -0.2) is 4.90 Å². The Bertz CT molecular complexity index is 1180. The van der Waals surface area contributed by atoms with Gasteiger partial charge in [-0.1, -0.05) is 43.3 Å². The van der Waals surface area contributed by atoms with Crippen molar-refractivity contribution in [3.8, 4) is 11.5 Å². The van der Waals surface area contributed by atoms with Crippen LogP contribution < -0.4 is 19.7 Å². The maximum absolute atomic E-state index is 13.6. The summed E-state index contributed by atoms with van der Waals surface area (Å²) in [7, 11) is 3.09. The molecule has 0 spiro atoms. The first-order valence-electron chi connectivity index (χ1n) is 10.3. The van der Waals surface area contributed by atoms with E-state index in [2.05, 4.69) is 12.2 Å². The summed E-state index contributed by atoms with van der Waals surface area (Å²) in [6, 6.07) is 21.8. The van der Waals surface area contributed by atoms with E-state index >= 15 is 0 Å². The molecule has 3 aromatic carbocycles. The van der Waals surface area contributed by atoms with Crippen LogP contribution in [0.4, 0.5) is 11.4 Å². The highest BCUT2D eigenvalue weighted by Gasteiger charge is 2.41. The maximum Gasteiger partial charge on any atom is 0.282 e. The molecule has 0 fully saturated rings. The molecule has 6 heteroatoms. The smallest absolute Gasteiger partial charge is 0.282 e. The van der Waals surface area contributed by atoms with Crippen LogP contribution in [0.15, 0.2) is 78.5 Å². The number of hydrogen-bond acceptors (Lipinski definition) is 5. The largest absolute Gasteiger partial charge is 0.497 e. The minimum atomic E-state index is -0.440. The molecular weight excluding hydrogens is 404 g/mol.